The van der Waals surface area contributed by atoms with Gasteiger partial charge in [-0.05, 0) is 48.9 Å². The first kappa shape index (κ1) is 20.7. The Balaban J connectivity index is 1.36. The Morgan fingerprint density at radius 3 is 2.48 bits per heavy atom. The van der Waals surface area contributed by atoms with Crippen LogP contribution in [0.2, 0.25) is 0 Å². The molecule has 0 radical (unpaired) electrons. The van der Waals surface area contributed by atoms with Gasteiger partial charge in [-0.15, -0.1) is 11.8 Å². The molecule has 0 saturated carbocycles. The van der Waals surface area contributed by atoms with Gasteiger partial charge in [0.05, 0.1) is 11.3 Å². The highest BCUT2D eigenvalue weighted by Gasteiger charge is 2.13. The van der Waals surface area contributed by atoms with Crippen LogP contribution in [0.5, 0.6) is 5.75 Å². The molecule has 1 N–H and O–H groups in total. The Hall–Kier alpha value is -3.58. The van der Waals surface area contributed by atoms with Crippen molar-refractivity contribution in [2.45, 2.75) is 24.2 Å². The predicted octanol–water partition coefficient (Wildman–Crippen LogP) is 5.50. The molecule has 0 spiro atoms. The van der Waals surface area contributed by atoms with Crippen molar-refractivity contribution >= 4 is 23.4 Å². The third-order valence-corrected chi connectivity index (χ3v) is 5.47. The summed E-state index contributed by atoms with van der Waals surface area (Å²) in [5, 5.41) is 6.73. The number of aryl methyl sites for hydroxylation is 1. The quantitative estimate of drug-likeness (QED) is 0.371. The monoisotopic (exact) mass is 431 g/mol. The van der Waals surface area contributed by atoms with Crippen LogP contribution in [-0.2, 0) is 12.4 Å². The average molecular weight is 432 g/mol. The summed E-state index contributed by atoms with van der Waals surface area (Å²) < 4.78 is 10.9. The van der Waals surface area contributed by atoms with Gasteiger partial charge in [0.1, 0.15) is 12.4 Å². The summed E-state index contributed by atoms with van der Waals surface area (Å²) in [6.07, 6.45) is 0. The van der Waals surface area contributed by atoms with E-state index in [9.17, 15) is 4.79 Å². The molecule has 0 aliphatic heterocycles. The standard InChI is InChI=1S/C24H21N3O3S/c1-17-25-23(30-27-17)16-31-22-10-6-5-9-21(22)24(28)26-19-11-13-20(14-12-19)29-15-18-7-3-2-4-8-18/h2-14H,15-16H2,1H3,(H,26,28). The van der Waals surface area contributed by atoms with E-state index < -0.39 is 0 Å². The van der Waals surface area contributed by atoms with E-state index in [1.54, 1.807) is 13.0 Å². The zero-order valence-corrected chi connectivity index (χ0v) is 17.8. The average Bonchev–Trinajstić information content (AvgIpc) is 3.23. The Morgan fingerprint density at radius 2 is 1.74 bits per heavy atom. The van der Waals surface area contributed by atoms with Crippen LogP contribution in [0.3, 0.4) is 0 Å². The third kappa shape index (κ3) is 5.73. The van der Waals surface area contributed by atoms with Crippen LogP contribution in [0.4, 0.5) is 5.69 Å². The van der Waals surface area contributed by atoms with Crippen molar-refractivity contribution in [3.8, 4) is 5.75 Å². The molecular weight excluding hydrogens is 410 g/mol. The molecule has 6 nitrogen and oxygen atoms in total. The Bertz CT molecular complexity index is 1140. The van der Waals surface area contributed by atoms with E-state index >= 15 is 0 Å². The summed E-state index contributed by atoms with van der Waals surface area (Å²) in [5.41, 5.74) is 2.39. The van der Waals surface area contributed by atoms with Crippen LogP contribution in [0.25, 0.3) is 0 Å². The number of anilines is 1. The Kier molecular flexibility index (Phi) is 6.64. The van der Waals surface area contributed by atoms with Crippen LogP contribution < -0.4 is 10.1 Å². The number of nitrogens with zero attached hydrogens (tertiary/aromatic N) is 2. The number of hydrogen-bond acceptors (Lipinski definition) is 6. The van der Waals surface area contributed by atoms with Gasteiger partial charge in [-0.2, -0.15) is 4.98 Å². The second-order valence-corrected chi connectivity index (χ2v) is 7.79. The smallest absolute Gasteiger partial charge is 0.256 e. The number of nitrogens with one attached hydrogen (secondary N) is 1. The molecule has 0 aliphatic rings. The van der Waals surface area contributed by atoms with E-state index in [0.29, 0.717) is 35.3 Å². The van der Waals surface area contributed by atoms with Crippen molar-refractivity contribution in [1.82, 2.24) is 10.1 Å². The lowest BCUT2D eigenvalue weighted by Gasteiger charge is -2.10. The summed E-state index contributed by atoms with van der Waals surface area (Å²) >= 11 is 1.48. The summed E-state index contributed by atoms with van der Waals surface area (Å²) in [6.45, 7) is 2.27. The first-order valence-corrected chi connectivity index (χ1v) is 10.7. The molecule has 0 atom stereocenters. The fraction of sp³-hybridized carbons (Fsp3) is 0.125. The van der Waals surface area contributed by atoms with Crippen LogP contribution in [0.15, 0.2) is 88.3 Å². The zero-order chi connectivity index (χ0) is 21.5. The number of thioether (sulfide) groups is 1. The molecule has 1 heterocycles. The van der Waals surface area contributed by atoms with Gasteiger partial charge in [-0.25, -0.2) is 0 Å². The Labute approximate surface area is 184 Å². The number of rotatable bonds is 8. The normalized spacial score (nSPS) is 10.6. The highest BCUT2D eigenvalue weighted by atomic mass is 32.2. The van der Waals surface area contributed by atoms with Gasteiger partial charge < -0.3 is 14.6 Å². The number of aromatic nitrogens is 2. The van der Waals surface area contributed by atoms with Crippen molar-refractivity contribution in [3.63, 3.8) is 0 Å². The minimum Gasteiger partial charge on any atom is -0.489 e. The highest BCUT2D eigenvalue weighted by Crippen LogP contribution is 2.27. The van der Waals surface area contributed by atoms with Crippen molar-refractivity contribution in [2.75, 3.05) is 5.32 Å². The first-order chi connectivity index (χ1) is 15.2. The van der Waals surface area contributed by atoms with E-state index in [2.05, 4.69) is 15.5 Å². The van der Waals surface area contributed by atoms with E-state index in [4.69, 9.17) is 9.26 Å². The van der Waals surface area contributed by atoms with E-state index in [1.165, 1.54) is 11.8 Å². The molecule has 1 aromatic heterocycles. The lowest BCUT2D eigenvalue weighted by atomic mass is 10.2. The lowest BCUT2D eigenvalue weighted by molar-refractivity contribution is 0.102. The second-order valence-electron chi connectivity index (χ2n) is 6.77. The van der Waals surface area contributed by atoms with Crippen molar-refractivity contribution < 1.29 is 14.1 Å². The summed E-state index contributed by atoms with van der Waals surface area (Å²) in [4.78, 5) is 17.9. The molecule has 7 heteroatoms. The molecule has 0 saturated heterocycles. The molecule has 0 fully saturated rings. The minimum atomic E-state index is -0.178. The van der Waals surface area contributed by atoms with Gasteiger partial charge in [0.2, 0.25) is 5.89 Å². The Morgan fingerprint density at radius 1 is 1.00 bits per heavy atom. The number of carbonyl (C=O) groups is 1. The highest BCUT2D eigenvalue weighted by molar-refractivity contribution is 7.98. The minimum absolute atomic E-state index is 0.178. The number of carbonyl (C=O) groups excluding carboxylic acids is 1. The van der Waals surface area contributed by atoms with E-state index in [-0.39, 0.29) is 5.91 Å². The fourth-order valence-electron chi connectivity index (χ4n) is 2.89. The van der Waals surface area contributed by atoms with Crippen LogP contribution in [-0.4, -0.2) is 16.0 Å². The molecule has 4 aromatic rings. The van der Waals surface area contributed by atoms with Crippen LogP contribution in [0, 0.1) is 6.92 Å². The topological polar surface area (TPSA) is 77.2 Å². The van der Waals surface area contributed by atoms with Gasteiger partial charge in [0.25, 0.3) is 5.91 Å². The molecular formula is C24H21N3O3S. The number of amides is 1. The number of ether oxygens (including phenoxy) is 1. The SMILES string of the molecule is Cc1noc(CSc2ccccc2C(=O)Nc2ccc(OCc3ccccc3)cc2)n1. The van der Waals surface area contributed by atoms with Gasteiger partial charge in [-0.3, -0.25) is 4.79 Å². The van der Waals surface area contributed by atoms with Crippen LogP contribution in [0.1, 0.15) is 27.6 Å². The predicted molar refractivity (Wildman–Crippen MR) is 120 cm³/mol. The van der Waals surface area contributed by atoms with Gasteiger partial charge in [0.15, 0.2) is 5.82 Å². The molecule has 1 amide bonds. The summed E-state index contributed by atoms with van der Waals surface area (Å²) in [5.74, 6) is 2.19. The number of hydrogen-bond donors (Lipinski definition) is 1. The molecule has 3 aromatic carbocycles. The largest absolute Gasteiger partial charge is 0.489 e. The summed E-state index contributed by atoms with van der Waals surface area (Å²) in [6, 6.07) is 24.8. The third-order valence-electron chi connectivity index (χ3n) is 4.41. The van der Waals surface area contributed by atoms with Gasteiger partial charge >= 0.3 is 0 Å². The van der Waals surface area contributed by atoms with Crippen molar-refractivity contribution in [1.29, 1.82) is 0 Å². The van der Waals surface area contributed by atoms with Gasteiger partial charge in [0, 0.05) is 10.6 Å². The van der Waals surface area contributed by atoms with Crippen molar-refractivity contribution in [2.24, 2.45) is 0 Å². The van der Waals surface area contributed by atoms with E-state index in [0.717, 1.165) is 16.2 Å². The maximum absolute atomic E-state index is 12.8. The molecule has 156 valence electrons. The van der Waals surface area contributed by atoms with Crippen molar-refractivity contribution in [3.05, 3.63) is 102 Å². The second kappa shape index (κ2) is 9.95. The van der Waals surface area contributed by atoms with Crippen LogP contribution >= 0.6 is 11.8 Å². The molecule has 0 bridgehead atoms. The number of benzene rings is 3. The summed E-state index contributed by atoms with van der Waals surface area (Å²) in [7, 11) is 0. The zero-order valence-electron chi connectivity index (χ0n) is 16.9. The maximum atomic E-state index is 12.8. The maximum Gasteiger partial charge on any atom is 0.256 e. The van der Waals surface area contributed by atoms with Gasteiger partial charge in [-0.1, -0.05) is 47.6 Å². The lowest BCUT2D eigenvalue weighted by Crippen LogP contribution is -2.13. The first-order valence-electron chi connectivity index (χ1n) is 9.76. The molecule has 0 aliphatic carbocycles. The molecule has 4 rings (SSSR count). The fourth-order valence-corrected chi connectivity index (χ4v) is 3.78. The van der Waals surface area contributed by atoms with E-state index in [1.807, 2.05) is 72.8 Å². The molecule has 31 heavy (non-hydrogen) atoms. The molecule has 0 unspecified atom stereocenters.